The van der Waals surface area contributed by atoms with E-state index in [0.29, 0.717) is 43.0 Å². The zero-order valence-corrected chi connectivity index (χ0v) is 19.7. The Balaban J connectivity index is 1.51. The maximum absolute atomic E-state index is 13.2. The topological polar surface area (TPSA) is 88.1 Å². The highest BCUT2D eigenvalue weighted by Crippen LogP contribution is 2.32. The van der Waals surface area contributed by atoms with Gasteiger partial charge >= 0.3 is 0 Å². The summed E-state index contributed by atoms with van der Waals surface area (Å²) >= 11 is 0. The highest BCUT2D eigenvalue weighted by molar-refractivity contribution is 7.89. The van der Waals surface area contributed by atoms with E-state index >= 15 is 0 Å². The molecule has 2 aromatic rings. The average Bonchev–Trinajstić information content (AvgIpc) is 3.09. The zero-order chi connectivity index (χ0) is 23.1. The Hall–Kier alpha value is -2.71. The summed E-state index contributed by atoms with van der Waals surface area (Å²) < 4.78 is 33.0. The molecule has 0 bridgehead atoms. The normalized spacial score (nSPS) is 19.0. The lowest BCUT2D eigenvalue weighted by atomic mass is 9.87. The van der Waals surface area contributed by atoms with Crippen molar-refractivity contribution >= 4 is 21.6 Å². The average molecular weight is 456 g/mol. The van der Waals surface area contributed by atoms with Gasteiger partial charge in [-0.15, -0.1) is 0 Å². The highest BCUT2D eigenvalue weighted by atomic mass is 32.2. The number of benzene rings is 2. The minimum atomic E-state index is -3.60. The Morgan fingerprint density at radius 3 is 2.31 bits per heavy atom. The summed E-state index contributed by atoms with van der Waals surface area (Å²) in [5.41, 5.74) is 1.32. The maximum atomic E-state index is 13.2. The van der Waals surface area contributed by atoms with Crippen LogP contribution in [0.4, 0.5) is 0 Å². The van der Waals surface area contributed by atoms with Crippen molar-refractivity contribution in [3.63, 3.8) is 0 Å². The van der Waals surface area contributed by atoms with E-state index in [4.69, 9.17) is 9.73 Å². The van der Waals surface area contributed by atoms with Crippen molar-refractivity contribution < 1.29 is 17.9 Å². The molecule has 0 aliphatic carbocycles. The van der Waals surface area contributed by atoms with Gasteiger partial charge in [0.2, 0.25) is 10.0 Å². The van der Waals surface area contributed by atoms with Crippen LogP contribution in [0.3, 0.4) is 0 Å². The van der Waals surface area contributed by atoms with Gasteiger partial charge in [-0.3, -0.25) is 9.79 Å². The van der Waals surface area contributed by atoms with Crippen molar-refractivity contribution in [3.8, 4) is 5.75 Å². The number of nitrogens with one attached hydrogen (secondary N) is 1. The number of amides is 1. The number of carbonyl (C=O) groups is 1. The first-order valence-corrected chi connectivity index (χ1v) is 12.2. The molecule has 1 saturated heterocycles. The van der Waals surface area contributed by atoms with E-state index in [1.807, 2.05) is 30.3 Å². The molecule has 1 spiro atoms. The molecule has 0 atom stereocenters. The van der Waals surface area contributed by atoms with Crippen LogP contribution in [0.25, 0.3) is 0 Å². The van der Waals surface area contributed by atoms with Crippen molar-refractivity contribution in [1.82, 2.24) is 9.62 Å². The molecule has 0 saturated carbocycles. The van der Waals surface area contributed by atoms with Gasteiger partial charge in [-0.2, -0.15) is 4.31 Å². The van der Waals surface area contributed by atoms with Gasteiger partial charge in [-0.1, -0.05) is 45.0 Å². The molecule has 1 fully saturated rings. The third kappa shape index (κ3) is 4.17. The van der Waals surface area contributed by atoms with Gasteiger partial charge in [-0.25, -0.2) is 8.42 Å². The second-order valence-corrected chi connectivity index (χ2v) is 11.3. The first kappa shape index (κ1) is 22.5. The number of aliphatic imine (C=N–C) groups is 1. The summed E-state index contributed by atoms with van der Waals surface area (Å²) in [6.07, 6.45) is 0.844. The lowest BCUT2D eigenvalue weighted by Gasteiger charge is -2.36. The fourth-order valence-electron chi connectivity index (χ4n) is 4.14. The quantitative estimate of drug-likeness (QED) is 0.767. The van der Waals surface area contributed by atoms with E-state index in [1.165, 1.54) is 4.31 Å². The van der Waals surface area contributed by atoms with E-state index in [1.54, 1.807) is 25.3 Å². The van der Waals surface area contributed by atoms with Crippen LogP contribution < -0.4 is 10.1 Å². The lowest BCUT2D eigenvalue weighted by Crippen LogP contribution is -2.52. The number of methoxy groups -OCH3 is 1. The van der Waals surface area contributed by atoms with Crippen LogP contribution in [0.15, 0.2) is 58.4 Å². The standard InChI is InChI=1S/C24H29N3O4S/c1-23(2,3)18-8-10-20(11-9-18)32(29,30)27-14-12-24(13-15-27)25-21(22(28)26-24)17-6-5-7-19(16-17)31-4/h5-11,16H,12-15H2,1-4H3,(H,26,28). The van der Waals surface area contributed by atoms with Crippen molar-refractivity contribution in [2.75, 3.05) is 20.2 Å². The molecule has 32 heavy (non-hydrogen) atoms. The Kier molecular flexibility index (Phi) is 5.63. The van der Waals surface area contributed by atoms with Gasteiger partial charge in [0.25, 0.3) is 5.91 Å². The number of hydrogen-bond donors (Lipinski definition) is 1. The molecule has 7 nitrogen and oxygen atoms in total. The first-order valence-electron chi connectivity index (χ1n) is 10.7. The Labute approximate surface area is 189 Å². The summed E-state index contributed by atoms with van der Waals surface area (Å²) in [7, 11) is -2.03. The Bertz CT molecular complexity index is 1160. The van der Waals surface area contributed by atoms with Crippen LogP contribution in [0.1, 0.15) is 44.7 Å². The molecule has 2 aliphatic heterocycles. The molecular weight excluding hydrogens is 426 g/mol. The van der Waals surface area contributed by atoms with Crippen molar-refractivity contribution in [3.05, 3.63) is 59.7 Å². The van der Waals surface area contributed by atoms with Gasteiger partial charge in [0.1, 0.15) is 17.1 Å². The monoisotopic (exact) mass is 455 g/mol. The molecule has 170 valence electrons. The molecule has 2 heterocycles. The molecule has 0 aromatic heterocycles. The smallest absolute Gasteiger partial charge is 0.272 e. The summed E-state index contributed by atoms with van der Waals surface area (Å²) in [5.74, 6) is 0.407. The lowest BCUT2D eigenvalue weighted by molar-refractivity contribution is -0.115. The predicted octanol–water partition coefficient (Wildman–Crippen LogP) is 3.09. The molecular formula is C24H29N3O4S. The number of rotatable bonds is 4. The summed E-state index contributed by atoms with van der Waals surface area (Å²) in [4.78, 5) is 17.6. The minimum Gasteiger partial charge on any atom is -0.497 e. The van der Waals surface area contributed by atoms with E-state index in [9.17, 15) is 13.2 Å². The number of carbonyl (C=O) groups excluding carboxylic acids is 1. The van der Waals surface area contributed by atoms with Crippen molar-refractivity contribution in [2.24, 2.45) is 4.99 Å². The largest absolute Gasteiger partial charge is 0.497 e. The third-order valence-electron chi connectivity index (χ3n) is 6.14. The highest BCUT2D eigenvalue weighted by Gasteiger charge is 2.44. The molecule has 0 unspecified atom stereocenters. The second-order valence-electron chi connectivity index (χ2n) is 9.36. The molecule has 4 rings (SSSR count). The van der Waals surface area contributed by atoms with Gasteiger partial charge in [0, 0.05) is 31.5 Å². The van der Waals surface area contributed by atoms with Gasteiger partial charge in [-0.05, 0) is 35.2 Å². The van der Waals surface area contributed by atoms with Crippen molar-refractivity contribution in [2.45, 2.75) is 49.6 Å². The molecule has 2 aromatic carbocycles. The van der Waals surface area contributed by atoms with Crippen LogP contribution in [-0.2, 0) is 20.2 Å². The summed E-state index contributed by atoms with van der Waals surface area (Å²) in [5, 5.41) is 2.99. The SMILES string of the molecule is COc1cccc(C2=NC3(CCN(S(=O)(=O)c4ccc(C(C)(C)C)cc4)CC3)NC2=O)c1. The fraction of sp³-hybridized carbons (Fsp3) is 0.417. The predicted molar refractivity (Wildman–Crippen MR) is 124 cm³/mol. The van der Waals surface area contributed by atoms with Crippen molar-refractivity contribution in [1.29, 1.82) is 0 Å². The molecule has 1 amide bonds. The van der Waals surface area contributed by atoms with Gasteiger partial charge in [0.05, 0.1) is 12.0 Å². The van der Waals surface area contributed by atoms with Crippen LogP contribution in [0.5, 0.6) is 5.75 Å². The van der Waals surface area contributed by atoms with Gasteiger partial charge in [0.15, 0.2) is 0 Å². The number of piperidine rings is 1. The van der Waals surface area contributed by atoms with E-state index < -0.39 is 15.7 Å². The second kappa shape index (κ2) is 8.01. The number of sulfonamides is 1. The Morgan fingerprint density at radius 2 is 1.72 bits per heavy atom. The molecule has 8 heteroatoms. The number of hydrogen-bond acceptors (Lipinski definition) is 5. The minimum absolute atomic E-state index is 0.0427. The van der Waals surface area contributed by atoms with Crippen LogP contribution in [-0.4, -0.2) is 50.2 Å². The summed E-state index contributed by atoms with van der Waals surface area (Å²) in [6, 6.07) is 14.3. The maximum Gasteiger partial charge on any atom is 0.272 e. The molecule has 0 radical (unpaired) electrons. The summed E-state index contributed by atoms with van der Waals surface area (Å²) in [6.45, 7) is 6.86. The van der Waals surface area contributed by atoms with E-state index in [-0.39, 0.29) is 16.2 Å². The van der Waals surface area contributed by atoms with E-state index in [0.717, 1.165) is 5.56 Å². The fourth-order valence-corrected chi connectivity index (χ4v) is 5.58. The molecule has 1 N–H and O–H groups in total. The zero-order valence-electron chi connectivity index (χ0n) is 18.9. The Morgan fingerprint density at radius 1 is 1.06 bits per heavy atom. The number of nitrogens with zero attached hydrogens (tertiary/aromatic N) is 2. The third-order valence-corrected chi connectivity index (χ3v) is 8.05. The number of ether oxygens (including phenoxy) is 1. The van der Waals surface area contributed by atoms with Gasteiger partial charge < -0.3 is 10.1 Å². The van der Waals surface area contributed by atoms with Crippen LogP contribution in [0, 0.1) is 0 Å². The molecule has 2 aliphatic rings. The van der Waals surface area contributed by atoms with Crippen LogP contribution >= 0.6 is 0 Å². The van der Waals surface area contributed by atoms with E-state index in [2.05, 4.69) is 26.1 Å². The first-order chi connectivity index (χ1) is 15.0. The van der Waals surface area contributed by atoms with Crippen LogP contribution in [0.2, 0.25) is 0 Å².